The summed E-state index contributed by atoms with van der Waals surface area (Å²) in [6.45, 7) is 1.85. The van der Waals surface area contributed by atoms with Crippen molar-refractivity contribution in [1.82, 2.24) is 25.0 Å². The first-order valence-corrected chi connectivity index (χ1v) is 9.67. The number of amides is 1. The molecular formula is C22H22N8O. The maximum atomic E-state index is 12.5. The minimum absolute atomic E-state index is 0.235. The zero-order valence-corrected chi connectivity index (χ0v) is 17.4. The first-order chi connectivity index (χ1) is 15.0. The van der Waals surface area contributed by atoms with Crippen LogP contribution >= 0.6 is 0 Å². The largest absolute Gasteiger partial charge is 0.363 e. The summed E-state index contributed by atoms with van der Waals surface area (Å²) in [5.74, 6) is 1.87. The second-order valence-corrected chi connectivity index (χ2v) is 7.06. The van der Waals surface area contributed by atoms with Gasteiger partial charge >= 0.3 is 0 Å². The van der Waals surface area contributed by atoms with Crippen LogP contribution in [0, 0.1) is 6.92 Å². The molecule has 9 nitrogen and oxygen atoms in total. The molecule has 4 aromatic rings. The van der Waals surface area contributed by atoms with Crippen LogP contribution in [0.3, 0.4) is 0 Å². The fourth-order valence-electron chi connectivity index (χ4n) is 2.88. The first kappa shape index (κ1) is 20.0. The molecule has 4 rings (SSSR count). The summed E-state index contributed by atoms with van der Waals surface area (Å²) in [5.41, 5.74) is 2.52. The van der Waals surface area contributed by atoms with E-state index in [0.29, 0.717) is 17.3 Å². The standard InChI is InChI=1S/C22H22N8O/c1-15-24-20(13-21(25-15)29(2)3)26-16-9-11-17(12-10-16)27-22(31)19-14-23-30(28-19)18-7-5-4-6-8-18/h4-14H,1-3H3,(H,27,31)(H,24,25,26). The van der Waals surface area contributed by atoms with Crippen LogP contribution in [0.4, 0.5) is 23.0 Å². The van der Waals surface area contributed by atoms with Crippen molar-refractivity contribution >= 4 is 28.9 Å². The second-order valence-electron chi connectivity index (χ2n) is 7.06. The van der Waals surface area contributed by atoms with Crippen LogP contribution in [0.1, 0.15) is 16.3 Å². The van der Waals surface area contributed by atoms with E-state index in [1.54, 1.807) is 0 Å². The Balaban J connectivity index is 1.42. The first-order valence-electron chi connectivity index (χ1n) is 9.67. The van der Waals surface area contributed by atoms with Gasteiger partial charge in [0.2, 0.25) is 0 Å². The van der Waals surface area contributed by atoms with Gasteiger partial charge in [0.15, 0.2) is 5.69 Å². The Labute approximate surface area is 179 Å². The summed E-state index contributed by atoms with van der Waals surface area (Å²) in [5, 5.41) is 14.5. The van der Waals surface area contributed by atoms with Crippen LogP contribution in [-0.4, -0.2) is 45.0 Å². The zero-order valence-electron chi connectivity index (χ0n) is 17.4. The van der Waals surface area contributed by atoms with Gasteiger partial charge in [-0.1, -0.05) is 18.2 Å². The Morgan fingerprint density at radius 3 is 2.39 bits per heavy atom. The van der Waals surface area contributed by atoms with Crippen molar-refractivity contribution in [2.75, 3.05) is 29.6 Å². The third kappa shape index (κ3) is 4.84. The number of hydrogen-bond donors (Lipinski definition) is 2. The Hall–Kier alpha value is -4.27. The molecule has 0 spiro atoms. The van der Waals surface area contributed by atoms with Gasteiger partial charge in [-0.25, -0.2) is 9.97 Å². The molecule has 31 heavy (non-hydrogen) atoms. The summed E-state index contributed by atoms with van der Waals surface area (Å²) in [6, 6.07) is 18.6. The van der Waals surface area contributed by atoms with E-state index in [1.165, 1.54) is 11.0 Å². The average Bonchev–Trinajstić information content (AvgIpc) is 3.26. The lowest BCUT2D eigenvalue weighted by Gasteiger charge is -2.14. The third-order valence-corrected chi connectivity index (χ3v) is 4.41. The van der Waals surface area contributed by atoms with Crippen molar-refractivity contribution in [3.05, 3.63) is 78.4 Å². The zero-order chi connectivity index (χ0) is 21.8. The Morgan fingerprint density at radius 1 is 0.968 bits per heavy atom. The highest BCUT2D eigenvalue weighted by Gasteiger charge is 2.12. The van der Waals surface area contributed by atoms with E-state index in [0.717, 1.165) is 17.2 Å². The van der Waals surface area contributed by atoms with Gasteiger partial charge in [-0.2, -0.15) is 9.90 Å². The number of aryl methyl sites for hydroxylation is 1. The molecule has 156 valence electrons. The molecule has 0 fully saturated rings. The number of carbonyl (C=O) groups excluding carboxylic acids is 1. The number of hydrogen-bond acceptors (Lipinski definition) is 7. The highest BCUT2D eigenvalue weighted by atomic mass is 16.2. The van der Waals surface area contributed by atoms with Crippen molar-refractivity contribution in [2.45, 2.75) is 6.92 Å². The Morgan fingerprint density at radius 2 is 1.68 bits per heavy atom. The van der Waals surface area contributed by atoms with Gasteiger partial charge in [-0.3, -0.25) is 4.79 Å². The van der Waals surface area contributed by atoms with Gasteiger partial charge in [0, 0.05) is 31.5 Å². The van der Waals surface area contributed by atoms with Gasteiger partial charge in [0.25, 0.3) is 5.91 Å². The quantitative estimate of drug-likeness (QED) is 0.498. The lowest BCUT2D eigenvalue weighted by atomic mass is 10.2. The summed E-state index contributed by atoms with van der Waals surface area (Å²) in [4.78, 5) is 24.7. The minimum atomic E-state index is -0.329. The summed E-state index contributed by atoms with van der Waals surface area (Å²) in [7, 11) is 3.86. The normalized spacial score (nSPS) is 10.5. The molecule has 0 radical (unpaired) electrons. The van der Waals surface area contributed by atoms with Crippen molar-refractivity contribution in [3.8, 4) is 5.69 Å². The van der Waals surface area contributed by atoms with Gasteiger partial charge < -0.3 is 15.5 Å². The number of anilines is 4. The molecule has 0 saturated carbocycles. The molecule has 2 aromatic heterocycles. The fraction of sp³-hybridized carbons (Fsp3) is 0.136. The monoisotopic (exact) mass is 414 g/mol. The van der Waals surface area contributed by atoms with Gasteiger partial charge in [-0.05, 0) is 43.3 Å². The van der Waals surface area contributed by atoms with Crippen LogP contribution < -0.4 is 15.5 Å². The topological polar surface area (TPSA) is 101 Å². The van der Waals surface area contributed by atoms with E-state index < -0.39 is 0 Å². The molecule has 2 heterocycles. The van der Waals surface area contributed by atoms with Crippen molar-refractivity contribution in [3.63, 3.8) is 0 Å². The lowest BCUT2D eigenvalue weighted by Crippen LogP contribution is -2.13. The maximum Gasteiger partial charge on any atom is 0.277 e. The van der Waals surface area contributed by atoms with Crippen molar-refractivity contribution < 1.29 is 4.79 Å². The molecule has 2 aromatic carbocycles. The highest BCUT2D eigenvalue weighted by molar-refractivity contribution is 6.02. The Bertz CT molecular complexity index is 1190. The van der Waals surface area contributed by atoms with Gasteiger partial charge in [-0.15, -0.1) is 5.10 Å². The molecule has 0 aliphatic rings. The third-order valence-electron chi connectivity index (χ3n) is 4.41. The summed E-state index contributed by atoms with van der Waals surface area (Å²) in [6.07, 6.45) is 1.44. The summed E-state index contributed by atoms with van der Waals surface area (Å²) < 4.78 is 0. The minimum Gasteiger partial charge on any atom is -0.363 e. The van der Waals surface area contributed by atoms with Crippen LogP contribution in [0.2, 0.25) is 0 Å². The SMILES string of the molecule is Cc1nc(Nc2ccc(NC(=O)c3cnn(-c4ccccc4)n3)cc2)cc(N(C)C)n1. The number of nitrogens with one attached hydrogen (secondary N) is 2. The predicted molar refractivity (Wildman–Crippen MR) is 120 cm³/mol. The van der Waals surface area contributed by atoms with Crippen molar-refractivity contribution in [2.24, 2.45) is 0 Å². The van der Waals surface area contributed by atoms with E-state index in [9.17, 15) is 4.79 Å². The van der Waals surface area contributed by atoms with E-state index in [-0.39, 0.29) is 11.6 Å². The number of nitrogens with zero attached hydrogens (tertiary/aromatic N) is 6. The van der Waals surface area contributed by atoms with Crippen LogP contribution in [0.5, 0.6) is 0 Å². The van der Waals surface area contributed by atoms with Crippen LogP contribution in [-0.2, 0) is 0 Å². The van der Waals surface area contributed by atoms with E-state index in [4.69, 9.17) is 0 Å². The number of carbonyl (C=O) groups is 1. The number of benzene rings is 2. The molecule has 1 amide bonds. The van der Waals surface area contributed by atoms with E-state index >= 15 is 0 Å². The van der Waals surface area contributed by atoms with Crippen LogP contribution in [0.15, 0.2) is 66.9 Å². The molecule has 0 unspecified atom stereocenters. The molecule has 0 aliphatic carbocycles. The van der Waals surface area contributed by atoms with Gasteiger partial charge in [0.05, 0.1) is 11.9 Å². The highest BCUT2D eigenvalue weighted by Crippen LogP contribution is 2.20. The number of aromatic nitrogens is 5. The lowest BCUT2D eigenvalue weighted by molar-refractivity contribution is 0.102. The molecule has 0 saturated heterocycles. The molecule has 0 atom stereocenters. The van der Waals surface area contributed by atoms with E-state index in [1.807, 2.05) is 86.6 Å². The molecule has 0 bridgehead atoms. The second kappa shape index (κ2) is 8.62. The smallest absolute Gasteiger partial charge is 0.277 e. The predicted octanol–water partition coefficient (Wildman–Crippen LogP) is 3.43. The fourth-order valence-corrected chi connectivity index (χ4v) is 2.88. The van der Waals surface area contributed by atoms with E-state index in [2.05, 4.69) is 30.8 Å². The maximum absolute atomic E-state index is 12.5. The van der Waals surface area contributed by atoms with Gasteiger partial charge in [0.1, 0.15) is 17.5 Å². The summed E-state index contributed by atoms with van der Waals surface area (Å²) >= 11 is 0. The molecule has 0 aliphatic heterocycles. The van der Waals surface area contributed by atoms with Crippen LogP contribution in [0.25, 0.3) is 5.69 Å². The number of rotatable bonds is 6. The molecule has 9 heteroatoms. The molecule has 2 N–H and O–H groups in total. The average molecular weight is 414 g/mol. The van der Waals surface area contributed by atoms with Crippen molar-refractivity contribution in [1.29, 1.82) is 0 Å². The molecular weight excluding hydrogens is 392 g/mol. The number of para-hydroxylation sites is 1. The Kier molecular flexibility index (Phi) is 5.57.